The first-order valence-corrected chi connectivity index (χ1v) is 7.52. The van der Waals surface area contributed by atoms with E-state index in [1.807, 2.05) is 15.7 Å². The van der Waals surface area contributed by atoms with Gasteiger partial charge in [-0.05, 0) is 0 Å². The summed E-state index contributed by atoms with van der Waals surface area (Å²) >= 11 is 0. The maximum atomic E-state index is 12.2. The Morgan fingerprint density at radius 1 is 1.38 bits per heavy atom. The summed E-state index contributed by atoms with van der Waals surface area (Å²) in [6.45, 7) is 5.72. The van der Waals surface area contributed by atoms with Crippen molar-refractivity contribution in [2.45, 2.75) is 19.1 Å². The van der Waals surface area contributed by atoms with Gasteiger partial charge in [0.2, 0.25) is 5.91 Å². The lowest BCUT2D eigenvalue weighted by atomic mass is 10.2. The molecule has 0 spiro atoms. The lowest BCUT2D eigenvalue weighted by Crippen LogP contribution is -2.41. The summed E-state index contributed by atoms with van der Waals surface area (Å²) in [4.78, 5) is 18.2. The quantitative estimate of drug-likeness (QED) is 0.832. The molecule has 7 heteroatoms. The highest BCUT2D eigenvalue weighted by atomic mass is 16.5. The number of aryl methyl sites for hydroxylation is 1. The van der Waals surface area contributed by atoms with Crippen molar-refractivity contribution < 1.29 is 14.3 Å². The average Bonchev–Trinajstić information content (AvgIpc) is 3.03. The molecule has 1 atom stereocenters. The third-order valence-electron chi connectivity index (χ3n) is 3.93. The second-order valence-corrected chi connectivity index (χ2v) is 5.32. The van der Waals surface area contributed by atoms with E-state index in [4.69, 9.17) is 9.47 Å². The summed E-state index contributed by atoms with van der Waals surface area (Å²) in [5, 5.41) is 3.31. The van der Waals surface area contributed by atoms with E-state index < -0.39 is 0 Å². The Morgan fingerprint density at radius 3 is 3.00 bits per heavy atom. The minimum absolute atomic E-state index is 0.0275. The SMILES string of the molecule is O=C(CCn1cncc1C1CNCCO1)N1CCOCC1. The molecule has 0 saturated carbocycles. The lowest BCUT2D eigenvalue weighted by molar-refractivity contribution is -0.135. The van der Waals surface area contributed by atoms with Crippen molar-refractivity contribution in [1.29, 1.82) is 0 Å². The Bertz CT molecular complexity index is 465. The second-order valence-electron chi connectivity index (χ2n) is 5.32. The number of nitrogens with zero attached hydrogens (tertiary/aromatic N) is 3. The van der Waals surface area contributed by atoms with Crippen molar-refractivity contribution in [3.63, 3.8) is 0 Å². The first kappa shape index (κ1) is 14.5. The van der Waals surface area contributed by atoms with E-state index in [0.29, 0.717) is 45.9 Å². The van der Waals surface area contributed by atoms with Gasteiger partial charge in [0, 0.05) is 39.1 Å². The molecule has 0 bridgehead atoms. The van der Waals surface area contributed by atoms with E-state index in [2.05, 4.69) is 10.3 Å². The van der Waals surface area contributed by atoms with Crippen molar-refractivity contribution in [3.8, 4) is 0 Å². The number of aromatic nitrogens is 2. The van der Waals surface area contributed by atoms with E-state index in [1.54, 1.807) is 6.33 Å². The topological polar surface area (TPSA) is 68.6 Å². The van der Waals surface area contributed by atoms with Crippen LogP contribution in [-0.4, -0.2) is 66.4 Å². The van der Waals surface area contributed by atoms with Crippen LogP contribution in [0, 0.1) is 0 Å². The molecule has 3 heterocycles. The molecule has 2 aliphatic rings. The largest absolute Gasteiger partial charge is 0.378 e. The zero-order valence-electron chi connectivity index (χ0n) is 12.2. The zero-order chi connectivity index (χ0) is 14.5. The van der Waals surface area contributed by atoms with Crippen LogP contribution < -0.4 is 5.32 Å². The summed E-state index contributed by atoms with van der Waals surface area (Å²) in [6.07, 6.45) is 4.13. The Kier molecular flexibility index (Phi) is 4.84. The van der Waals surface area contributed by atoms with Gasteiger partial charge in [-0.1, -0.05) is 0 Å². The van der Waals surface area contributed by atoms with Crippen molar-refractivity contribution in [1.82, 2.24) is 19.8 Å². The minimum atomic E-state index is 0.0275. The number of hydrogen-bond acceptors (Lipinski definition) is 5. The zero-order valence-corrected chi connectivity index (χ0v) is 12.2. The van der Waals surface area contributed by atoms with Gasteiger partial charge in [0.15, 0.2) is 0 Å². The number of carbonyl (C=O) groups excluding carboxylic acids is 1. The number of hydrogen-bond donors (Lipinski definition) is 1. The fraction of sp³-hybridized carbons (Fsp3) is 0.714. The normalized spacial score (nSPS) is 23.2. The van der Waals surface area contributed by atoms with Gasteiger partial charge in [-0.15, -0.1) is 0 Å². The molecular formula is C14H22N4O3. The number of morpholine rings is 2. The van der Waals surface area contributed by atoms with Gasteiger partial charge in [0.25, 0.3) is 0 Å². The molecule has 7 nitrogen and oxygen atoms in total. The highest BCUT2D eigenvalue weighted by molar-refractivity contribution is 5.76. The second kappa shape index (κ2) is 7.02. The van der Waals surface area contributed by atoms with Crippen LogP contribution in [0.4, 0.5) is 0 Å². The average molecular weight is 294 g/mol. The van der Waals surface area contributed by atoms with Gasteiger partial charge in [-0.2, -0.15) is 0 Å². The monoisotopic (exact) mass is 294 g/mol. The van der Waals surface area contributed by atoms with Gasteiger partial charge in [-0.25, -0.2) is 4.98 Å². The molecule has 2 saturated heterocycles. The molecule has 1 amide bonds. The van der Waals surface area contributed by atoms with E-state index in [-0.39, 0.29) is 12.0 Å². The molecule has 21 heavy (non-hydrogen) atoms. The van der Waals surface area contributed by atoms with Crippen molar-refractivity contribution in [2.24, 2.45) is 0 Å². The Hall–Kier alpha value is -1.44. The number of amides is 1. The predicted molar refractivity (Wildman–Crippen MR) is 75.8 cm³/mol. The number of nitrogens with one attached hydrogen (secondary N) is 1. The number of rotatable bonds is 4. The van der Waals surface area contributed by atoms with Crippen molar-refractivity contribution >= 4 is 5.91 Å². The van der Waals surface area contributed by atoms with E-state index in [1.165, 1.54) is 0 Å². The first-order valence-electron chi connectivity index (χ1n) is 7.52. The summed E-state index contributed by atoms with van der Waals surface area (Å²) < 4.78 is 13.0. The highest BCUT2D eigenvalue weighted by Gasteiger charge is 2.21. The smallest absolute Gasteiger partial charge is 0.224 e. The molecule has 1 N–H and O–H groups in total. The standard InChI is InChI=1S/C14H22N4O3/c19-14(17-4-7-20-8-5-17)1-3-18-11-16-9-12(18)13-10-15-2-6-21-13/h9,11,13,15H,1-8,10H2. The molecule has 3 rings (SSSR count). The van der Waals surface area contributed by atoms with Gasteiger partial charge < -0.3 is 24.3 Å². The number of ether oxygens (including phenoxy) is 2. The molecule has 0 aliphatic carbocycles. The number of imidazole rings is 1. The van der Waals surface area contributed by atoms with Crippen LogP contribution in [0.25, 0.3) is 0 Å². The van der Waals surface area contributed by atoms with Crippen LogP contribution in [0.1, 0.15) is 18.2 Å². The first-order chi connectivity index (χ1) is 10.3. The van der Waals surface area contributed by atoms with Gasteiger partial charge in [-0.3, -0.25) is 4.79 Å². The highest BCUT2D eigenvalue weighted by Crippen LogP contribution is 2.18. The maximum absolute atomic E-state index is 12.2. The van der Waals surface area contributed by atoms with Crippen LogP contribution in [-0.2, 0) is 20.8 Å². The molecule has 1 aromatic heterocycles. The summed E-state index contributed by atoms with van der Waals surface area (Å²) in [5.41, 5.74) is 1.04. The Balaban J connectivity index is 1.55. The van der Waals surface area contributed by atoms with Crippen molar-refractivity contribution in [3.05, 3.63) is 18.2 Å². The van der Waals surface area contributed by atoms with E-state index in [0.717, 1.165) is 18.8 Å². The van der Waals surface area contributed by atoms with E-state index >= 15 is 0 Å². The molecule has 1 unspecified atom stereocenters. The third-order valence-corrected chi connectivity index (χ3v) is 3.93. The molecular weight excluding hydrogens is 272 g/mol. The molecule has 2 aliphatic heterocycles. The Labute approximate surface area is 124 Å². The lowest BCUT2D eigenvalue weighted by Gasteiger charge is -2.27. The van der Waals surface area contributed by atoms with Gasteiger partial charge >= 0.3 is 0 Å². The molecule has 1 aromatic rings. The van der Waals surface area contributed by atoms with Crippen molar-refractivity contribution in [2.75, 3.05) is 46.0 Å². The van der Waals surface area contributed by atoms with Crippen LogP contribution in [0.15, 0.2) is 12.5 Å². The molecule has 0 radical (unpaired) electrons. The van der Waals surface area contributed by atoms with Gasteiger partial charge in [0.1, 0.15) is 6.10 Å². The fourth-order valence-electron chi connectivity index (χ4n) is 2.73. The molecule has 116 valence electrons. The van der Waals surface area contributed by atoms with Crippen LogP contribution >= 0.6 is 0 Å². The van der Waals surface area contributed by atoms with Crippen LogP contribution in [0.2, 0.25) is 0 Å². The molecule has 0 aromatic carbocycles. The van der Waals surface area contributed by atoms with E-state index in [9.17, 15) is 4.79 Å². The van der Waals surface area contributed by atoms with Gasteiger partial charge in [0.05, 0.1) is 38.0 Å². The minimum Gasteiger partial charge on any atom is -0.378 e. The van der Waals surface area contributed by atoms with Crippen LogP contribution in [0.3, 0.4) is 0 Å². The summed E-state index contributed by atoms with van der Waals surface area (Å²) in [5.74, 6) is 0.181. The third kappa shape index (κ3) is 3.61. The van der Waals surface area contributed by atoms with Crippen LogP contribution in [0.5, 0.6) is 0 Å². The maximum Gasteiger partial charge on any atom is 0.224 e. The number of carbonyl (C=O) groups is 1. The Morgan fingerprint density at radius 2 is 2.24 bits per heavy atom. The predicted octanol–water partition coefficient (Wildman–Crippen LogP) is -0.207. The fourth-order valence-corrected chi connectivity index (χ4v) is 2.73. The molecule has 2 fully saturated rings. The summed E-state index contributed by atoms with van der Waals surface area (Å²) in [6, 6.07) is 0. The summed E-state index contributed by atoms with van der Waals surface area (Å²) in [7, 11) is 0.